The number of rotatable bonds is 5. The van der Waals surface area contributed by atoms with Crippen LogP contribution in [0.15, 0.2) is 63.8 Å². The summed E-state index contributed by atoms with van der Waals surface area (Å²) < 4.78 is 12.1. The molecule has 0 aliphatic carbocycles. The molecule has 2 aromatic carbocycles. The number of hydrogen-bond acceptors (Lipinski definition) is 5. The lowest BCUT2D eigenvalue weighted by molar-refractivity contribution is 0.0976. The van der Waals surface area contributed by atoms with Gasteiger partial charge in [0.15, 0.2) is 10.5 Å². The molecule has 0 aliphatic heterocycles. The molecule has 0 spiro atoms. The van der Waals surface area contributed by atoms with Gasteiger partial charge in [0.2, 0.25) is 0 Å². The molecule has 0 aliphatic rings. The van der Waals surface area contributed by atoms with Gasteiger partial charge >= 0.3 is 5.91 Å². The van der Waals surface area contributed by atoms with E-state index in [9.17, 15) is 9.59 Å². The third-order valence-corrected chi connectivity index (χ3v) is 4.98. The molecule has 4 rings (SSSR count). The number of benzene rings is 2. The van der Waals surface area contributed by atoms with E-state index >= 15 is 0 Å². The predicted octanol–water partition coefficient (Wildman–Crippen LogP) is 4.92. The van der Waals surface area contributed by atoms with Crippen LogP contribution in [-0.2, 0) is 6.61 Å². The van der Waals surface area contributed by atoms with Crippen molar-refractivity contribution in [2.24, 2.45) is 0 Å². The van der Waals surface area contributed by atoms with Gasteiger partial charge in [0.1, 0.15) is 18.1 Å². The smallest absolute Gasteiger partial charge is 0.305 e. The number of H-pyrrole nitrogens is 1. The second-order valence-electron chi connectivity index (χ2n) is 6.19. The summed E-state index contributed by atoms with van der Waals surface area (Å²) in [5.74, 6) is 0.174. The van der Waals surface area contributed by atoms with E-state index in [1.54, 1.807) is 48.5 Å². The van der Waals surface area contributed by atoms with Crippen LogP contribution in [0.2, 0.25) is 10.0 Å². The highest BCUT2D eigenvalue weighted by Gasteiger charge is 2.15. The topological polar surface area (TPSA) is 89.3 Å². The van der Waals surface area contributed by atoms with Crippen LogP contribution in [0.1, 0.15) is 16.3 Å². The number of carbonyl (C=O) groups is 1. The molecule has 30 heavy (non-hydrogen) atoms. The van der Waals surface area contributed by atoms with E-state index in [4.69, 9.17) is 44.6 Å². The van der Waals surface area contributed by atoms with E-state index in [1.807, 2.05) is 0 Å². The average molecular weight is 462 g/mol. The second-order valence-corrected chi connectivity index (χ2v) is 7.42. The minimum atomic E-state index is -0.636. The van der Waals surface area contributed by atoms with Crippen molar-refractivity contribution >= 4 is 52.2 Å². The van der Waals surface area contributed by atoms with E-state index < -0.39 is 11.5 Å². The van der Waals surface area contributed by atoms with Crippen LogP contribution in [0.4, 0.5) is 0 Å². The second kappa shape index (κ2) is 8.35. The summed E-state index contributed by atoms with van der Waals surface area (Å²) in [6.45, 7) is 0.0463. The van der Waals surface area contributed by atoms with Gasteiger partial charge in [0, 0.05) is 5.02 Å². The van der Waals surface area contributed by atoms with E-state index in [-0.39, 0.29) is 17.1 Å². The SMILES string of the molecule is O=C(Nn1c(=S)[nH]c2ccccc2c1=O)c1ccc(COc2ccc(Cl)cc2Cl)o1. The van der Waals surface area contributed by atoms with Crippen LogP contribution < -0.4 is 15.7 Å². The zero-order valence-electron chi connectivity index (χ0n) is 15.1. The predicted molar refractivity (Wildman–Crippen MR) is 117 cm³/mol. The van der Waals surface area contributed by atoms with Crippen molar-refractivity contribution in [2.75, 3.05) is 5.43 Å². The van der Waals surface area contributed by atoms with Gasteiger partial charge in [-0.1, -0.05) is 35.3 Å². The molecule has 0 atom stereocenters. The summed E-state index contributed by atoms with van der Waals surface area (Å²) in [5.41, 5.74) is 2.58. The molecule has 0 unspecified atom stereocenters. The minimum absolute atomic E-state index is 0.00902. The molecule has 0 radical (unpaired) electrons. The molecule has 2 N–H and O–H groups in total. The van der Waals surface area contributed by atoms with Crippen molar-refractivity contribution in [3.05, 3.63) is 91.3 Å². The fourth-order valence-electron chi connectivity index (χ4n) is 2.74. The Hall–Kier alpha value is -3.07. The molecule has 0 saturated heterocycles. The lowest BCUT2D eigenvalue weighted by atomic mass is 10.2. The number of carbonyl (C=O) groups excluding carboxylic acids is 1. The highest BCUT2D eigenvalue weighted by Crippen LogP contribution is 2.28. The Morgan fingerprint density at radius 3 is 2.77 bits per heavy atom. The van der Waals surface area contributed by atoms with E-state index in [1.165, 1.54) is 6.07 Å². The van der Waals surface area contributed by atoms with Gasteiger partial charge in [-0.05, 0) is 54.7 Å². The van der Waals surface area contributed by atoms with Crippen molar-refractivity contribution < 1.29 is 13.9 Å². The van der Waals surface area contributed by atoms with Gasteiger partial charge < -0.3 is 14.1 Å². The van der Waals surface area contributed by atoms with E-state index in [0.717, 1.165) is 4.68 Å². The summed E-state index contributed by atoms with van der Waals surface area (Å²) in [5, 5.41) is 1.24. The number of hydrogen-bond donors (Lipinski definition) is 2. The first-order valence-corrected chi connectivity index (χ1v) is 9.81. The molecule has 4 aromatic rings. The number of aromatic amines is 1. The molecule has 152 valence electrons. The number of ether oxygens (including phenoxy) is 1. The summed E-state index contributed by atoms with van der Waals surface area (Å²) in [6.07, 6.45) is 0. The molecule has 7 nitrogen and oxygen atoms in total. The Labute approximate surface area is 184 Å². The number of aromatic nitrogens is 2. The van der Waals surface area contributed by atoms with E-state index in [2.05, 4.69) is 10.4 Å². The van der Waals surface area contributed by atoms with Crippen molar-refractivity contribution in [1.29, 1.82) is 0 Å². The van der Waals surface area contributed by atoms with Crippen LogP contribution in [0.25, 0.3) is 10.9 Å². The van der Waals surface area contributed by atoms with E-state index in [0.29, 0.717) is 32.5 Å². The summed E-state index contributed by atoms with van der Waals surface area (Å²) in [4.78, 5) is 28.1. The maximum Gasteiger partial charge on any atom is 0.305 e. The normalized spacial score (nSPS) is 10.9. The molecule has 1 amide bonds. The average Bonchev–Trinajstić information content (AvgIpc) is 3.19. The van der Waals surface area contributed by atoms with Crippen molar-refractivity contribution in [3.63, 3.8) is 0 Å². The van der Waals surface area contributed by atoms with Crippen molar-refractivity contribution in [1.82, 2.24) is 9.66 Å². The molecule has 0 bridgehead atoms. The van der Waals surface area contributed by atoms with Crippen LogP contribution >= 0.6 is 35.4 Å². The quantitative estimate of drug-likeness (QED) is 0.411. The highest BCUT2D eigenvalue weighted by molar-refractivity contribution is 7.71. The van der Waals surface area contributed by atoms with Gasteiger partial charge in [0.25, 0.3) is 5.56 Å². The molecule has 10 heteroatoms. The zero-order chi connectivity index (χ0) is 21.3. The van der Waals surface area contributed by atoms with Gasteiger partial charge in [-0.25, -0.2) is 0 Å². The Bertz CT molecular complexity index is 1380. The summed E-state index contributed by atoms with van der Waals surface area (Å²) >= 11 is 17.1. The van der Waals surface area contributed by atoms with Crippen molar-refractivity contribution in [3.8, 4) is 5.75 Å². The van der Waals surface area contributed by atoms with Crippen LogP contribution in [0, 0.1) is 4.77 Å². The number of para-hydroxylation sites is 1. The number of nitrogens with one attached hydrogen (secondary N) is 2. The lowest BCUT2D eigenvalue weighted by Gasteiger charge is -2.08. The monoisotopic (exact) mass is 461 g/mol. The Balaban J connectivity index is 1.50. The standard InChI is InChI=1S/C20H13Cl2N3O4S/c21-11-5-7-16(14(22)9-11)28-10-12-6-8-17(29-12)18(26)24-25-19(27)13-3-1-2-4-15(13)23-20(25)30/h1-9H,10H2,(H,23,30)(H,24,26). The molecule has 0 fully saturated rings. The Morgan fingerprint density at radius 1 is 1.17 bits per heavy atom. The highest BCUT2D eigenvalue weighted by atomic mass is 35.5. The zero-order valence-corrected chi connectivity index (χ0v) is 17.5. The Morgan fingerprint density at radius 2 is 1.97 bits per heavy atom. The van der Waals surface area contributed by atoms with Crippen LogP contribution in [0.5, 0.6) is 5.75 Å². The first-order chi connectivity index (χ1) is 14.4. The van der Waals surface area contributed by atoms with Gasteiger partial charge in [-0.3, -0.25) is 15.0 Å². The first kappa shape index (κ1) is 20.2. The molecule has 0 saturated carbocycles. The number of halogens is 2. The maximum absolute atomic E-state index is 12.6. The Kier molecular flexibility index (Phi) is 5.63. The third-order valence-electron chi connectivity index (χ3n) is 4.17. The van der Waals surface area contributed by atoms with Gasteiger partial charge in [-0.15, -0.1) is 0 Å². The molecule has 2 aromatic heterocycles. The van der Waals surface area contributed by atoms with Crippen molar-refractivity contribution in [2.45, 2.75) is 6.61 Å². The molecular formula is C20H13Cl2N3O4S. The number of furan rings is 1. The van der Waals surface area contributed by atoms with Crippen LogP contribution in [0.3, 0.4) is 0 Å². The lowest BCUT2D eigenvalue weighted by Crippen LogP contribution is -2.34. The number of fused-ring (bicyclic) bond motifs is 1. The minimum Gasteiger partial charge on any atom is -0.484 e. The number of nitrogens with zero attached hydrogens (tertiary/aromatic N) is 1. The fraction of sp³-hybridized carbons (Fsp3) is 0.0500. The summed E-state index contributed by atoms with van der Waals surface area (Å²) in [6, 6.07) is 14.8. The number of amides is 1. The largest absolute Gasteiger partial charge is 0.484 e. The summed E-state index contributed by atoms with van der Waals surface area (Å²) in [7, 11) is 0. The molecular weight excluding hydrogens is 449 g/mol. The maximum atomic E-state index is 12.6. The van der Waals surface area contributed by atoms with Crippen LogP contribution in [-0.4, -0.2) is 15.6 Å². The third kappa shape index (κ3) is 4.11. The van der Waals surface area contributed by atoms with Gasteiger partial charge in [-0.2, -0.15) is 4.68 Å². The fourth-order valence-corrected chi connectivity index (χ4v) is 3.44. The molecule has 2 heterocycles. The van der Waals surface area contributed by atoms with Gasteiger partial charge in [0.05, 0.1) is 15.9 Å². The first-order valence-electron chi connectivity index (χ1n) is 8.64.